The fourth-order valence-corrected chi connectivity index (χ4v) is 2.04. The van der Waals surface area contributed by atoms with E-state index in [2.05, 4.69) is 41.0 Å². The lowest BCUT2D eigenvalue weighted by atomic mass is 10.1. The summed E-state index contributed by atoms with van der Waals surface area (Å²) in [6.07, 6.45) is 2.06. The molecule has 1 heterocycles. The van der Waals surface area contributed by atoms with Gasteiger partial charge in [0.05, 0.1) is 0 Å². The van der Waals surface area contributed by atoms with Crippen molar-refractivity contribution in [2.24, 2.45) is 0 Å². The predicted molar refractivity (Wildman–Crippen MR) is 63.4 cm³/mol. The molecular weight excluding hydrogens is 192 g/mol. The molecule has 0 radical (unpaired) electrons. The van der Waals surface area contributed by atoms with Gasteiger partial charge < -0.3 is 4.98 Å². The number of aromatic amines is 1. The molecule has 74 valence electrons. The standard InChI is InChI=1S/C11H14N2S/c1-8-6-13-11-4-3-9(5-10(8)11)7-14-12-2/h3-6,12-13H,7H2,1-2H3. The Kier molecular flexibility index (Phi) is 2.79. The summed E-state index contributed by atoms with van der Waals surface area (Å²) in [6, 6.07) is 6.57. The monoisotopic (exact) mass is 206 g/mol. The molecule has 0 saturated carbocycles. The van der Waals surface area contributed by atoms with Gasteiger partial charge in [-0.25, -0.2) is 0 Å². The van der Waals surface area contributed by atoms with E-state index in [0.717, 1.165) is 5.75 Å². The first-order valence-corrected chi connectivity index (χ1v) is 5.65. The van der Waals surface area contributed by atoms with Crippen LogP contribution in [0.3, 0.4) is 0 Å². The van der Waals surface area contributed by atoms with Crippen LogP contribution < -0.4 is 4.72 Å². The van der Waals surface area contributed by atoms with Crippen molar-refractivity contribution in [3.05, 3.63) is 35.5 Å². The minimum atomic E-state index is 1.01. The van der Waals surface area contributed by atoms with Crippen molar-refractivity contribution < 1.29 is 0 Å². The average Bonchev–Trinajstić information content (AvgIpc) is 2.57. The lowest BCUT2D eigenvalue weighted by Crippen LogP contribution is -1.92. The molecule has 0 atom stereocenters. The Morgan fingerprint density at radius 3 is 3.07 bits per heavy atom. The molecule has 0 aliphatic heterocycles. The predicted octanol–water partition coefficient (Wildman–Crippen LogP) is 2.84. The highest BCUT2D eigenvalue weighted by atomic mass is 32.2. The van der Waals surface area contributed by atoms with Crippen molar-refractivity contribution in [3.8, 4) is 0 Å². The molecular formula is C11H14N2S. The van der Waals surface area contributed by atoms with Crippen LogP contribution in [-0.2, 0) is 5.75 Å². The number of hydrogen-bond acceptors (Lipinski definition) is 2. The number of rotatable bonds is 3. The molecule has 2 aromatic rings. The summed E-state index contributed by atoms with van der Waals surface area (Å²) >= 11 is 1.72. The summed E-state index contributed by atoms with van der Waals surface area (Å²) in [7, 11) is 1.95. The van der Waals surface area contributed by atoms with Gasteiger partial charge in [-0.2, -0.15) is 0 Å². The number of H-pyrrole nitrogens is 1. The second kappa shape index (κ2) is 4.07. The Balaban J connectivity index is 2.34. The first-order chi connectivity index (χ1) is 6.81. The highest BCUT2D eigenvalue weighted by molar-refractivity contribution is 7.96. The molecule has 2 nitrogen and oxygen atoms in total. The SMILES string of the molecule is CNSCc1ccc2[nH]cc(C)c2c1. The zero-order valence-corrected chi connectivity index (χ0v) is 9.24. The normalized spacial score (nSPS) is 11.0. The van der Waals surface area contributed by atoms with E-state index in [1.165, 1.54) is 22.0 Å². The van der Waals surface area contributed by atoms with Gasteiger partial charge in [0.15, 0.2) is 0 Å². The molecule has 0 aliphatic rings. The fraction of sp³-hybridized carbons (Fsp3) is 0.273. The van der Waals surface area contributed by atoms with Crippen molar-refractivity contribution in [2.75, 3.05) is 7.05 Å². The van der Waals surface area contributed by atoms with Gasteiger partial charge in [-0.1, -0.05) is 18.0 Å². The van der Waals surface area contributed by atoms with E-state index in [4.69, 9.17) is 0 Å². The Hall–Kier alpha value is -0.930. The van der Waals surface area contributed by atoms with Crippen LogP contribution in [0.25, 0.3) is 10.9 Å². The first kappa shape index (κ1) is 9.62. The van der Waals surface area contributed by atoms with Crippen LogP contribution in [0, 0.1) is 6.92 Å². The van der Waals surface area contributed by atoms with Gasteiger partial charge in [0, 0.05) is 22.9 Å². The van der Waals surface area contributed by atoms with Crippen LogP contribution in [0.4, 0.5) is 0 Å². The van der Waals surface area contributed by atoms with Crippen LogP contribution in [-0.4, -0.2) is 12.0 Å². The van der Waals surface area contributed by atoms with E-state index < -0.39 is 0 Å². The van der Waals surface area contributed by atoms with E-state index in [1.54, 1.807) is 11.9 Å². The van der Waals surface area contributed by atoms with Gasteiger partial charge >= 0.3 is 0 Å². The molecule has 0 unspecified atom stereocenters. The van der Waals surface area contributed by atoms with Crippen LogP contribution in [0.2, 0.25) is 0 Å². The molecule has 0 bridgehead atoms. The Bertz CT molecular complexity index is 434. The van der Waals surface area contributed by atoms with Crippen molar-refractivity contribution >= 4 is 22.9 Å². The molecule has 0 aliphatic carbocycles. The molecule has 2 N–H and O–H groups in total. The van der Waals surface area contributed by atoms with E-state index in [1.807, 2.05) is 7.05 Å². The zero-order valence-electron chi connectivity index (χ0n) is 8.42. The van der Waals surface area contributed by atoms with Gasteiger partial charge in [-0.3, -0.25) is 4.72 Å². The largest absolute Gasteiger partial charge is 0.361 e. The van der Waals surface area contributed by atoms with Crippen LogP contribution in [0.5, 0.6) is 0 Å². The highest BCUT2D eigenvalue weighted by Gasteiger charge is 2.00. The third kappa shape index (κ3) is 1.79. The molecule has 2 rings (SSSR count). The van der Waals surface area contributed by atoms with Gasteiger partial charge in [0.2, 0.25) is 0 Å². The van der Waals surface area contributed by atoms with Gasteiger partial charge in [-0.15, -0.1) is 0 Å². The maximum Gasteiger partial charge on any atom is 0.0456 e. The Morgan fingerprint density at radius 2 is 2.29 bits per heavy atom. The summed E-state index contributed by atoms with van der Waals surface area (Å²) in [6.45, 7) is 2.13. The summed E-state index contributed by atoms with van der Waals surface area (Å²) in [5, 5.41) is 1.33. The van der Waals surface area contributed by atoms with Crippen LogP contribution in [0.15, 0.2) is 24.4 Å². The summed E-state index contributed by atoms with van der Waals surface area (Å²) in [5.74, 6) is 1.01. The minimum absolute atomic E-state index is 1.01. The third-order valence-electron chi connectivity index (χ3n) is 2.34. The molecule has 0 fully saturated rings. The molecule has 0 amide bonds. The van der Waals surface area contributed by atoms with E-state index in [9.17, 15) is 0 Å². The summed E-state index contributed by atoms with van der Waals surface area (Å²) in [5.41, 5.74) is 3.90. The number of aryl methyl sites for hydroxylation is 1. The quantitative estimate of drug-likeness (QED) is 0.756. The Labute approximate surface area is 88.2 Å². The first-order valence-electron chi connectivity index (χ1n) is 4.66. The third-order valence-corrected chi connectivity index (χ3v) is 3.10. The van der Waals surface area contributed by atoms with Gasteiger partial charge in [-0.05, 0) is 37.2 Å². The molecule has 1 aromatic carbocycles. The second-order valence-electron chi connectivity index (χ2n) is 3.34. The van der Waals surface area contributed by atoms with Gasteiger partial charge in [0.25, 0.3) is 0 Å². The van der Waals surface area contributed by atoms with E-state index in [-0.39, 0.29) is 0 Å². The van der Waals surface area contributed by atoms with Crippen molar-refractivity contribution in [1.29, 1.82) is 0 Å². The maximum absolute atomic E-state index is 3.25. The second-order valence-corrected chi connectivity index (χ2v) is 4.33. The number of hydrogen-bond donors (Lipinski definition) is 2. The van der Waals surface area contributed by atoms with Crippen molar-refractivity contribution in [1.82, 2.24) is 9.71 Å². The average molecular weight is 206 g/mol. The minimum Gasteiger partial charge on any atom is -0.361 e. The lowest BCUT2D eigenvalue weighted by molar-refractivity contribution is 1.27. The van der Waals surface area contributed by atoms with E-state index in [0.29, 0.717) is 0 Å². The zero-order chi connectivity index (χ0) is 9.97. The highest BCUT2D eigenvalue weighted by Crippen LogP contribution is 2.20. The number of benzene rings is 1. The molecule has 0 spiro atoms. The van der Waals surface area contributed by atoms with Crippen LogP contribution in [0.1, 0.15) is 11.1 Å². The molecule has 14 heavy (non-hydrogen) atoms. The fourth-order valence-electron chi connectivity index (χ4n) is 1.55. The number of fused-ring (bicyclic) bond motifs is 1. The van der Waals surface area contributed by atoms with E-state index >= 15 is 0 Å². The van der Waals surface area contributed by atoms with Gasteiger partial charge in [0.1, 0.15) is 0 Å². The molecule has 1 aromatic heterocycles. The summed E-state index contributed by atoms with van der Waals surface area (Å²) < 4.78 is 3.08. The topological polar surface area (TPSA) is 27.8 Å². The van der Waals surface area contributed by atoms with Crippen molar-refractivity contribution in [2.45, 2.75) is 12.7 Å². The lowest BCUT2D eigenvalue weighted by Gasteiger charge is -2.00. The molecule has 0 saturated heterocycles. The maximum atomic E-state index is 3.25. The number of nitrogens with one attached hydrogen (secondary N) is 2. The smallest absolute Gasteiger partial charge is 0.0456 e. The molecule has 3 heteroatoms. The summed E-state index contributed by atoms with van der Waals surface area (Å²) in [4.78, 5) is 3.25. The van der Waals surface area contributed by atoms with Crippen LogP contribution >= 0.6 is 11.9 Å². The van der Waals surface area contributed by atoms with Crippen molar-refractivity contribution in [3.63, 3.8) is 0 Å². The Morgan fingerprint density at radius 1 is 1.43 bits per heavy atom. The number of aromatic nitrogens is 1.